The normalized spacial score (nSPS) is 56.0. The van der Waals surface area contributed by atoms with E-state index < -0.39 is 0 Å². The monoisotopic (exact) mass is 426 g/mol. The quantitative estimate of drug-likeness (QED) is 0.541. The minimum absolute atomic E-state index is 0.108. The first kappa shape index (κ1) is 20.6. The van der Waals surface area contributed by atoms with E-state index in [1.54, 1.807) is 6.08 Å². The number of allylic oxidation sites excluding steroid dienone is 1. The van der Waals surface area contributed by atoms with Crippen LogP contribution in [-0.2, 0) is 19.1 Å². The van der Waals surface area contributed by atoms with Crippen molar-refractivity contribution in [2.75, 3.05) is 6.61 Å². The summed E-state index contributed by atoms with van der Waals surface area (Å²) in [5.41, 5.74) is 0.965. The second kappa shape index (κ2) is 6.53. The summed E-state index contributed by atoms with van der Waals surface area (Å²) < 4.78 is 13.2. The molecule has 5 fully saturated rings. The van der Waals surface area contributed by atoms with E-state index in [1.807, 2.05) is 0 Å². The van der Waals surface area contributed by atoms with Gasteiger partial charge in [0.05, 0.1) is 12.7 Å². The van der Waals surface area contributed by atoms with Crippen LogP contribution in [0.5, 0.6) is 0 Å². The molecule has 6 aliphatic rings. The molecule has 2 heterocycles. The van der Waals surface area contributed by atoms with E-state index in [1.165, 1.54) is 19.3 Å². The third-order valence-corrected chi connectivity index (χ3v) is 11.1. The zero-order valence-electron chi connectivity index (χ0n) is 19.6. The highest BCUT2D eigenvalue weighted by Gasteiger charge is 2.69. The van der Waals surface area contributed by atoms with Gasteiger partial charge in [0.25, 0.3) is 0 Å². The van der Waals surface area contributed by atoms with Crippen LogP contribution < -0.4 is 0 Å². The highest BCUT2D eigenvalue weighted by Crippen LogP contribution is 2.70. The molecule has 10 atom stereocenters. The Kier molecular flexibility index (Phi) is 4.34. The van der Waals surface area contributed by atoms with E-state index in [4.69, 9.17) is 9.47 Å². The van der Waals surface area contributed by atoms with Crippen LogP contribution >= 0.6 is 0 Å². The molecule has 4 heteroatoms. The fourth-order valence-corrected chi connectivity index (χ4v) is 9.40. The van der Waals surface area contributed by atoms with Gasteiger partial charge in [0.15, 0.2) is 17.4 Å². The fraction of sp³-hybridized carbons (Fsp3) is 0.852. The van der Waals surface area contributed by atoms with Crippen LogP contribution in [0.15, 0.2) is 11.6 Å². The average Bonchev–Trinajstić information content (AvgIpc) is 3.17. The Morgan fingerprint density at radius 3 is 2.58 bits per heavy atom. The number of fused-ring (bicyclic) bond motifs is 7. The molecule has 31 heavy (non-hydrogen) atoms. The van der Waals surface area contributed by atoms with Crippen molar-refractivity contribution < 1.29 is 19.1 Å². The van der Waals surface area contributed by atoms with E-state index in [9.17, 15) is 9.59 Å². The lowest BCUT2D eigenvalue weighted by Crippen LogP contribution is -2.54. The summed E-state index contributed by atoms with van der Waals surface area (Å²) in [4.78, 5) is 25.3. The first-order valence-electron chi connectivity index (χ1n) is 12.8. The summed E-state index contributed by atoms with van der Waals surface area (Å²) in [5.74, 6) is 3.08. The Morgan fingerprint density at radius 1 is 1.03 bits per heavy atom. The third kappa shape index (κ3) is 2.61. The molecule has 2 saturated heterocycles. The van der Waals surface area contributed by atoms with Gasteiger partial charge in [-0.1, -0.05) is 27.7 Å². The second-order valence-corrected chi connectivity index (χ2v) is 12.5. The zero-order valence-corrected chi connectivity index (χ0v) is 19.6. The Bertz CT molecular complexity index is 851. The van der Waals surface area contributed by atoms with Crippen LogP contribution in [0.1, 0.15) is 79.1 Å². The molecule has 2 aliphatic heterocycles. The summed E-state index contributed by atoms with van der Waals surface area (Å²) in [6.45, 7) is 10.2. The maximum Gasteiger partial charge on any atom is 0.171 e. The van der Waals surface area contributed by atoms with Gasteiger partial charge in [-0.3, -0.25) is 9.59 Å². The van der Waals surface area contributed by atoms with E-state index in [2.05, 4.69) is 27.7 Å². The van der Waals surface area contributed by atoms with Gasteiger partial charge in [-0.15, -0.1) is 0 Å². The lowest BCUT2D eigenvalue weighted by atomic mass is 9.46. The maximum atomic E-state index is 13.2. The Labute approximate surface area is 186 Å². The van der Waals surface area contributed by atoms with Gasteiger partial charge in [-0.05, 0) is 78.6 Å². The standard InChI is InChI=1S/C27H38O4/c1-15-5-10-27(30-14-15)16(2)24-23(31-27)13-20-18-12-22(29)21-11-17(28)6-8-25(21,3)19(18)7-9-26(20,24)4/h11,15-16,18-20,23-24H,5-10,12-14H2,1-4H3/t15-,16-,18+,19-,20+,23+,24-,25+,26+,27-/m1/s1. The van der Waals surface area contributed by atoms with Gasteiger partial charge < -0.3 is 9.47 Å². The largest absolute Gasteiger partial charge is 0.349 e. The predicted molar refractivity (Wildman–Crippen MR) is 117 cm³/mol. The fourth-order valence-electron chi connectivity index (χ4n) is 9.40. The Hall–Kier alpha value is -1.00. The number of hydrogen-bond acceptors (Lipinski definition) is 4. The van der Waals surface area contributed by atoms with Crippen molar-refractivity contribution in [1.82, 2.24) is 0 Å². The van der Waals surface area contributed by atoms with Gasteiger partial charge in [-0.2, -0.15) is 0 Å². The summed E-state index contributed by atoms with van der Waals surface area (Å²) >= 11 is 0. The molecular formula is C27H38O4. The predicted octanol–water partition coefficient (Wildman–Crippen LogP) is 5.10. The first-order chi connectivity index (χ1) is 14.7. The molecule has 6 rings (SSSR count). The van der Waals surface area contributed by atoms with Gasteiger partial charge >= 0.3 is 0 Å². The molecule has 0 amide bonds. The molecule has 0 unspecified atom stereocenters. The molecular weight excluding hydrogens is 388 g/mol. The molecule has 3 saturated carbocycles. The summed E-state index contributed by atoms with van der Waals surface area (Å²) in [6.07, 6.45) is 9.73. The number of carbonyl (C=O) groups is 2. The number of ether oxygens (including phenoxy) is 2. The van der Waals surface area contributed by atoms with Crippen LogP contribution in [0.3, 0.4) is 0 Å². The number of ketones is 2. The molecule has 0 aromatic carbocycles. The van der Waals surface area contributed by atoms with E-state index >= 15 is 0 Å². The highest BCUT2D eigenvalue weighted by atomic mass is 16.7. The Balaban J connectivity index is 1.31. The van der Waals surface area contributed by atoms with Crippen molar-refractivity contribution in [3.05, 3.63) is 11.6 Å². The molecule has 0 bridgehead atoms. The van der Waals surface area contributed by atoms with Crippen molar-refractivity contribution >= 4 is 11.6 Å². The number of carbonyl (C=O) groups excluding carboxylic acids is 2. The lowest BCUT2D eigenvalue weighted by Gasteiger charge is -2.58. The van der Waals surface area contributed by atoms with Crippen LogP contribution in [0, 0.1) is 46.3 Å². The molecule has 0 N–H and O–H groups in total. The molecule has 0 aromatic rings. The smallest absolute Gasteiger partial charge is 0.171 e. The lowest BCUT2D eigenvalue weighted by molar-refractivity contribution is -0.272. The van der Waals surface area contributed by atoms with E-state index in [0.29, 0.717) is 48.3 Å². The highest BCUT2D eigenvalue weighted by molar-refractivity contribution is 6.05. The molecule has 1 spiro atoms. The van der Waals surface area contributed by atoms with Gasteiger partial charge in [0.2, 0.25) is 0 Å². The molecule has 0 radical (unpaired) electrons. The SMILES string of the molecule is C[C@@H]1CC[C@@]2(OC1)O[C@H]1C[C@H]3[C@H]4CC(=O)C5=CC(=O)CC[C@@]5(C)[C@@H]4CC[C@]3(C)[C@@H]1[C@H]2C. The van der Waals surface area contributed by atoms with E-state index in [-0.39, 0.29) is 34.3 Å². The van der Waals surface area contributed by atoms with Crippen molar-refractivity contribution in [1.29, 1.82) is 0 Å². The van der Waals surface area contributed by atoms with E-state index in [0.717, 1.165) is 31.4 Å². The third-order valence-electron chi connectivity index (χ3n) is 11.1. The van der Waals surface area contributed by atoms with Crippen molar-refractivity contribution in [3.8, 4) is 0 Å². The zero-order chi connectivity index (χ0) is 21.8. The number of rotatable bonds is 0. The molecule has 170 valence electrons. The van der Waals surface area contributed by atoms with Gasteiger partial charge in [-0.25, -0.2) is 0 Å². The number of hydrogen-bond donors (Lipinski definition) is 0. The van der Waals surface area contributed by atoms with Crippen molar-refractivity contribution in [3.63, 3.8) is 0 Å². The van der Waals surface area contributed by atoms with Crippen LogP contribution in [0.4, 0.5) is 0 Å². The molecule has 4 nitrogen and oxygen atoms in total. The number of Topliss-reactive ketones (excluding diaryl/α,β-unsaturated/α-hetero) is 1. The minimum atomic E-state index is -0.374. The average molecular weight is 427 g/mol. The maximum absolute atomic E-state index is 13.2. The van der Waals surface area contributed by atoms with Crippen LogP contribution in [0.25, 0.3) is 0 Å². The van der Waals surface area contributed by atoms with Crippen molar-refractivity contribution in [2.24, 2.45) is 46.3 Å². The first-order valence-corrected chi connectivity index (χ1v) is 12.8. The Morgan fingerprint density at radius 2 is 1.84 bits per heavy atom. The van der Waals surface area contributed by atoms with Crippen molar-refractivity contribution in [2.45, 2.75) is 91.0 Å². The molecule has 4 aliphatic carbocycles. The summed E-state index contributed by atoms with van der Waals surface area (Å²) in [5, 5.41) is 0. The molecule has 0 aromatic heterocycles. The summed E-state index contributed by atoms with van der Waals surface area (Å²) in [7, 11) is 0. The van der Waals surface area contributed by atoms with Gasteiger partial charge in [0, 0.05) is 30.8 Å². The van der Waals surface area contributed by atoms with Gasteiger partial charge in [0.1, 0.15) is 0 Å². The minimum Gasteiger partial charge on any atom is -0.349 e. The topological polar surface area (TPSA) is 52.6 Å². The second-order valence-electron chi connectivity index (χ2n) is 12.5. The van der Waals surface area contributed by atoms with Crippen LogP contribution in [-0.4, -0.2) is 30.1 Å². The summed E-state index contributed by atoms with van der Waals surface area (Å²) in [6, 6.07) is 0. The van der Waals surface area contributed by atoms with Crippen LogP contribution in [0.2, 0.25) is 0 Å².